The fraction of sp³-hybridized carbons (Fsp3) is 1.00. The Morgan fingerprint density at radius 1 is 1.25 bits per heavy atom. The zero-order chi connectivity index (χ0) is 14.6. The normalized spacial score (nSPS) is 33.8. The number of hydrogen-bond acceptors (Lipinski definition) is 5. The third kappa shape index (κ3) is 4.41. The first-order valence-corrected chi connectivity index (χ1v) is 9.72. The van der Waals surface area contributed by atoms with Crippen LogP contribution in [-0.4, -0.2) is 38.7 Å². The molecule has 1 saturated heterocycles. The lowest BCUT2D eigenvalue weighted by Crippen LogP contribution is -2.46. The molecular weight excluding hydrogens is 276 g/mol. The van der Waals surface area contributed by atoms with E-state index in [4.69, 9.17) is 10.6 Å². The van der Waals surface area contributed by atoms with Gasteiger partial charge in [0.25, 0.3) is 0 Å². The molecule has 2 aliphatic rings. The Bertz CT molecular complexity index is 393. The Hall–Kier alpha value is -0.170. The largest absolute Gasteiger partial charge is 0.378 e. The predicted octanol–water partition coefficient (Wildman–Crippen LogP) is 1.38. The van der Waals surface area contributed by atoms with Crippen molar-refractivity contribution in [3.8, 4) is 0 Å². The van der Waals surface area contributed by atoms with Crippen LogP contribution in [0.5, 0.6) is 0 Å². The highest BCUT2D eigenvalue weighted by molar-refractivity contribution is 7.91. The van der Waals surface area contributed by atoms with Crippen LogP contribution in [0.15, 0.2) is 0 Å². The van der Waals surface area contributed by atoms with Gasteiger partial charge in [0.05, 0.1) is 11.4 Å². The van der Waals surface area contributed by atoms with Crippen LogP contribution in [0, 0.1) is 5.92 Å². The van der Waals surface area contributed by atoms with E-state index in [0.717, 1.165) is 51.6 Å². The molecule has 0 radical (unpaired) electrons. The van der Waals surface area contributed by atoms with Crippen molar-refractivity contribution in [2.75, 3.05) is 12.9 Å². The first-order valence-electron chi connectivity index (χ1n) is 7.77. The molecule has 118 valence electrons. The summed E-state index contributed by atoms with van der Waals surface area (Å²) in [5, 5.41) is -0.190. The molecular formula is C14H28N2O3S. The van der Waals surface area contributed by atoms with E-state index in [2.05, 4.69) is 5.43 Å². The van der Waals surface area contributed by atoms with Crippen molar-refractivity contribution in [3.05, 3.63) is 0 Å². The average molecular weight is 304 g/mol. The fourth-order valence-corrected chi connectivity index (χ4v) is 4.80. The Morgan fingerprint density at radius 2 is 2.05 bits per heavy atom. The molecule has 4 atom stereocenters. The van der Waals surface area contributed by atoms with Crippen molar-refractivity contribution in [3.63, 3.8) is 0 Å². The van der Waals surface area contributed by atoms with Gasteiger partial charge in [0, 0.05) is 18.9 Å². The number of hydrazine groups is 1. The van der Waals surface area contributed by atoms with Gasteiger partial charge in [0.2, 0.25) is 0 Å². The lowest BCUT2D eigenvalue weighted by atomic mass is 9.81. The van der Waals surface area contributed by atoms with Gasteiger partial charge in [-0.15, -0.1) is 0 Å². The zero-order valence-electron chi connectivity index (χ0n) is 12.4. The summed E-state index contributed by atoms with van der Waals surface area (Å²) in [6.45, 7) is 0.846. The molecule has 0 amide bonds. The van der Waals surface area contributed by atoms with Crippen molar-refractivity contribution < 1.29 is 13.2 Å². The summed E-state index contributed by atoms with van der Waals surface area (Å²) in [4.78, 5) is 0. The van der Waals surface area contributed by atoms with Gasteiger partial charge in [0.15, 0.2) is 0 Å². The van der Waals surface area contributed by atoms with Gasteiger partial charge in [-0.05, 0) is 50.9 Å². The Morgan fingerprint density at radius 3 is 2.65 bits per heavy atom. The second kappa shape index (κ2) is 7.20. The Kier molecular flexibility index (Phi) is 5.84. The number of rotatable bonds is 5. The molecule has 3 N–H and O–H groups in total. The number of ether oxygens (including phenoxy) is 1. The minimum absolute atomic E-state index is 0.169. The second-order valence-electron chi connectivity index (χ2n) is 6.38. The van der Waals surface area contributed by atoms with E-state index in [1.807, 2.05) is 0 Å². The highest BCUT2D eigenvalue weighted by atomic mass is 32.2. The molecule has 0 aromatic heterocycles. The van der Waals surface area contributed by atoms with Crippen molar-refractivity contribution in [2.24, 2.45) is 11.8 Å². The Balaban J connectivity index is 1.92. The maximum Gasteiger partial charge on any atom is 0.150 e. The monoisotopic (exact) mass is 304 g/mol. The molecule has 5 nitrogen and oxygen atoms in total. The molecule has 1 aliphatic heterocycles. The highest BCUT2D eigenvalue weighted by Gasteiger charge is 2.34. The maximum atomic E-state index is 11.8. The van der Waals surface area contributed by atoms with E-state index in [1.165, 1.54) is 12.7 Å². The smallest absolute Gasteiger partial charge is 0.150 e. The first-order chi connectivity index (χ1) is 9.50. The molecule has 0 spiro atoms. The van der Waals surface area contributed by atoms with Crippen LogP contribution in [-0.2, 0) is 14.6 Å². The molecule has 0 aromatic rings. The highest BCUT2D eigenvalue weighted by Crippen LogP contribution is 2.32. The Labute approximate surface area is 122 Å². The van der Waals surface area contributed by atoms with Crippen LogP contribution in [0.1, 0.15) is 51.4 Å². The van der Waals surface area contributed by atoms with Crippen LogP contribution in [0.3, 0.4) is 0 Å². The maximum absolute atomic E-state index is 11.8. The summed E-state index contributed by atoms with van der Waals surface area (Å²) >= 11 is 0. The third-order valence-electron chi connectivity index (χ3n) is 4.85. The number of nitrogens with two attached hydrogens (primary N) is 1. The van der Waals surface area contributed by atoms with Gasteiger partial charge in [0.1, 0.15) is 9.84 Å². The van der Waals surface area contributed by atoms with Crippen LogP contribution in [0.25, 0.3) is 0 Å². The van der Waals surface area contributed by atoms with Gasteiger partial charge >= 0.3 is 0 Å². The first kappa shape index (κ1) is 16.2. The van der Waals surface area contributed by atoms with Crippen molar-refractivity contribution in [2.45, 2.75) is 68.8 Å². The van der Waals surface area contributed by atoms with Gasteiger partial charge in [-0.2, -0.15) is 0 Å². The summed E-state index contributed by atoms with van der Waals surface area (Å²) in [6, 6.07) is 0.169. The standard InChI is InChI=1S/C14H28N2O3S/c1-20(17,18)13-7-4-5-11(9-13)14(16-15)10-12-6-2-3-8-19-12/h11-14,16H,2-10,15H2,1H3. The topological polar surface area (TPSA) is 81.4 Å². The summed E-state index contributed by atoms with van der Waals surface area (Å²) in [6.07, 6.45) is 9.58. The summed E-state index contributed by atoms with van der Waals surface area (Å²) in [7, 11) is -2.93. The average Bonchev–Trinajstić information content (AvgIpc) is 2.45. The molecule has 20 heavy (non-hydrogen) atoms. The zero-order valence-corrected chi connectivity index (χ0v) is 13.2. The molecule has 2 rings (SSSR count). The van der Waals surface area contributed by atoms with Crippen molar-refractivity contribution >= 4 is 9.84 Å². The predicted molar refractivity (Wildman–Crippen MR) is 79.9 cm³/mol. The lowest BCUT2D eigenvalue weighted by Gasteiger charge is -2.36. The van der Waals surface area contributed by atoms with Crippen molar-refractivity contribution in [1.82, 2.24) is 5.43 Å². The molecule has 0 aromatic carbocycles. The summed E-state index contributed by atoms with van der Waals surface area (Å²) < 4.78 is 29.3. The summed E-state index contributed by atoms with van der Waals surface area (Å²) in [5.41, 5.74) is 2.92. The number of sulfone groups is 1. The summed E-state index contributed by atoms with van der Waals surface area (Å²) in [5.74, 6) is 6.07. The van der Waals surface area contributed by atoms with E-state index in [0.29, 0.717) is 5.92 Å². The van der Waals surface area contributed by atoms with E-state index in [-0.39, 0.29) is 17.4 Å². The minimum atomic E-state index is -2.93. The van der Waals surface area contributed by atoms with Crippen LogP contribution in [0.2, 0.25) is 0 Å². The quantitative estimate of drug-likeness (QED) is 0.592. The van der Waals surface area contributed by atoms with Crippen LogP contribution in [0.4, 0.5) is 0 Å². The van der Waals surface area contributed by atoms with E-state index in [1.54, 1.807) is 0 Å². The second-order valence-corrected chi connectivity index (χ2v) is 8.70. The minimum Gasteiger partial charge on any atom is -0.378 e. The lowest BCUT2D eigenvalue weighted by molar-refractivity contribution is -0.000360. The fourth-order valence-electron chi connectivity index (χ4n) is 3.61. The van der Waals surface area contributed by atoms with Gasteiger partial charge in [-0.25, -0.2) is 8.42 Å². The molecule has 1 heterocycles. The van der Waals surface area contributed by atoms with Crippen molar-refractivity contribution in [1.29, 1.82) is 0 Å². The van der Waals surface area contributed by atoms with E-state index < -0.39 is 9.84 Å². The van der Waals surface area contributed by atoms with E-state index in [9.17, 15) is 8.42 Å². The SMILES string of the molecule is CS(=O)(=O)C1CCCC(C(CC2CCCCO2)NN)C1. The van der Waals surface area contributed by atoms with Gasteiger partial charge in [-0.3, -0.25) is 11.3 Å². The molecule has 1 aliphatic carbocycles. The third-order valence-corrected chi connectivity index (χ3v) is 6.49. The molecule has 1 saturated carbocycles. The molecule has 6 heteroatoms. The van der Waals surface area contributed by atoms with Gasteiger partial charge in [-0.1, -0.05) is 6.42 Å². The molecule has 0 bridgehead atoms. The van der Waals surface area contributed by atoms with E-state index >= 15 is 0 Å². The van der Waals surface area contributed by atoms with Crippen LogP contribution < -0.4 is 11.3 Å². The number of hydrogen-bond donors (Lipinski definition) is 2. The van der Waals surface area contributed by atoms with Crippen LogP contribution >= 0.6 is 0 Å². The van der Waals surface area contributed by atoms with Gasteiger partial charge < -0.3 is 4.74 Å². The molecule has 2 fully saturated rings. The number of nitrogens with one attached hydrogen (secondary N) is 1. The molecule has 4 unspecified atom stereocenters.